The van der Waals surface area contributed by atoms with E-state index in [2.05, 4.69) is 26.0 Å². The van der Waals surface area contributed by atoms with Gasteiger partial charge in [0.2, 0.25) is 0 Å². The Bertz CT molecular complexity index is 437. The van der Waals surface area contributed by atoms with E-state index in [1.54, 1.807) is 16.9 Å². The summed E-state index contributed by atoms with van der Waals surface area (Å²) in [6.07, 6.45) is 1.67. The Morgan fingerprint density at radius 2 is 2.33 bits per heavy atom. The van der Waals surface area contributed by atoms with Gasteiger partial charge in [-0.1, -0.05) is 11.6 Å². The van der Waals surface area contributed by atoms with Gasteiger partial charge >= 0.3 is 0 Å². The molecule has 0 saturated heterocycles. The van der Waals surface area contributed by atoms with Crippen molar-refractivity contribution in [2.75, 3.05) is 0 Å². The van der Waals surface area contributed by atoms with Crippen molar-refractivity contribution in [2.45, 2.75) is 0 Å². The van der Waals surface area contributed by atoms with E-state index in [-0.39, 0.29) is 0 Å². The van der Waals surface area contributed by atoms with E-state index in [0.29, 0.717) is 5.02 Å². The minimum absolute atomic E-state index is 0.667. The van der Waals surface area contributed by atoms with Crippen LogP contribution in [0.4, 0.5) is 0 Å². The highest BCUT2D eigenvalue weighted by Crippen LogP contribution is 2.27. The van der Waals surface area contributed by atoms with Gasteiger partial charge in [0.05, 0.1) is 10.4 Å². The lowest BCUT2D eigenvalue weighted by molar-refractivity contribution is 0.778. The zero-order chi connectivity index (χ0) is 8.72. The lowest BCUT2D eigenvalue weighted by Crippen LogP contribution is -1.90. The van der Waals surface area contributed by atoms with Gasteiger partial charge in [-0.25, -0.2) is 9.67 Å². The predicted octanol–water partition coefficient (Wildman–Crippen LogP) is 2.38. The summed E-state index contributed by atoms with van der Waals surface area (Å²) < 4.78 is 2.42. The molecule has 0 aromatic carbocycles. The molecule has 2 rings (SSSR count). The van der Waals surface area contributed by atoms with Crippen molar-refractivity contribution in [3.8, 4) is 0 Å². The molecule has 0 aliphatic heterocycles. The summed E-state index contributed by atoms with van der Waals surface area (Å²) >= 11 is 9.26. The largest absolute Gasteiger partial charge is 0.249 e. The fourth-order valence-corrected chi connectivity index (χ4v) is 2.07. The summed E-state index contributed by atoms with van der Waals surface area (Å²) in [4.78, 5) is 4.15. The maximum Gasteiger partial charge on any atom is 0.160 e. The lowest BCUT2D eigenvalue weighted by atomic mass is 10.4. The molecule has 2 heterocycles. The third kappa shape index (κ3) is 1.03. The predicted molar refractivity (Wildman–Crippen MR) is 51.2 cm³/mol. The fraction of sp³-hybridized carbons (Fsp3) is 0.143. The quantitative estimate of drug-likeness (QED) is 0.714. The normalized spacial score (nSPS) is 10.9. The molecule has 0 aliphatic carbocycles. The van der Waals surface area contributed by atoms with Gasteiger partial charge in [-0.15, -0.1) is 0 Å². The SMILES string of the molecule is Cn1nc(Br)c2c(Cl)ccnc21. The molecule has 0 N–H and O–H groups in total. The average Bonchev–Trinajstić information content (AvgIpc) is 2.29. The zero-order valence-corrected chi connectivity index (χ0v) is 8.59. The second kappa shape index (κ2) is 2.71. The Labute approximate surface area is 82.5 Å². The van der Waals surface area contributed by atoms with Crippen LogP contribution >= 0.6 is 27.5 Å². The van der Waals surface area contributed by atoms with Gasteiger partial charge in [0, 0.05) is 13.2 Å². The average molecular weight is 246 g/mol. The van der Waals surface area contributed by atoms with Crippen molar-refractivity contribution < 1.29 is 0 Å². The Morgan fingerprint density at radius 3 is 3.00 bits per heavy atom. The van der Waals surface area contributed by atoms with Crippen molar-refractivity contribution in [3.63, 3.8) is 0 Å². The summed E-state index contributed by atoms with van der Waals surface area (Å²) in [6, 6.07) is 1.75. The molecule has 5 heteroatoms. The van der Waals surface area contributed by atoms with Gasteiger partial charge in [0.25, 0.3) is 0 Å². The summed E-state index contributed by atoms with van der Waals surface area (Å²) in [5.74, 6) is 0. The van der Waals surface area contributed by atoms with Crippen LogP contribution in [0.3, 0.4) is 0 Å². The van der Waals surface area contributed by atoms with Crippen LogP contribution in [0.1, 0.15) is 0 Å². The van der Waals surface area contributed by atoms with E-state index in [1.807, 2.05) is 7.05 Å². The number of nitrogens with zero attached hydrogens (tertiary/aromatic N) is 3. The van der Waals surface area contributed by atoms with Gasteiger partial charge in [-0.2, -0.15) is 5.10 Å². The van der Waals surface area contributed by atoms with Crippen LogP contribution in [0.2, 0.25) is 5.02 Å². The molecule has 3 nitrogen and oxygen atoms in total. The van der Waals surface area contributed by atoms with Crippen LogP contribution in [0.5, 0.6) is 0 Å². The molecule has 0 spiro atoms. The molecule has 0 aliphatic rings. The van der Waals surface area contributed by atoms with E-state index >= 15 is 0 Å². The molecule has 0 unspecified atom stereocenters. The molecule has 0 radical (unpaired) electrons. The Hall–Kier alpha value is -0.610. The first-order valence-corrected chi connectivity index (χ1v) is 4.50. The number of hydrogen-bond donors (Lipinski definition) is 0. The summed E-state index contributed by atoms with van der Waals surface area (Å²) in [5, 5.41) is 5.67. The number of rotatable bonds is 0. The molecule has 0 amide bonds. The third-order valence-corrected chi connectivity index (χ3v) is 2.50. The number of pyridine rings is 1. The Kier molecular flexibility index (Phi) is 1.81. The van der Waals surface area contributed by atoms with Crippen LogP contribution in [0.25, 0.3) is 11.0 Å². The molecule has 12 heavy (non-hydrogen) atoms. The van der Waals surface area contributed by atoms with Gasteiger partial charge in [0.1, 0.15) is 4.60 Å². The fourth-order valence-electron chi connectivity index (χ4n) is 1.09. The molecule has 62 valence electrons. The van der Waals surface area contributed by atoms with E-state index in [9.17, 15) is 0 Å². The number of aromatic nitrogens is 3. The van der Waals surface area contributed by atoms with Crippen LogP contribution in [-0.2, 0) is 7.05 Å². The van der Waals surface area contributed by atoms with E-state index in [1.165, 1.54) is 0 Å². The van der Waals surface area contributed by atoms with Gasteiger partial charge in [0.15, 0.2) is 5.65 Å². The van der Waals surface area contributed by atoms with Gasteiger partial charge in [-0.05, 0) is 22.0 Å². The van der Waals surface area contributed by atoms with Gasteiger partial charge < -0.3 is 0 Å². The zero-order valence-electron chi connectivity index (χ0n) is 6.25. The first-order valence-electron chi connectivity index (χ1n) is 3.33. The lowest BCUT2D eigenvalue weighted by Gasteiger charge is -1.92. The highest BCUT2D eigenvalue weighted by Gasteiger charge is 2.09. The first-order chi connectivity index (χ1) is 5.70. The monoisotopic (exact) mass is 245 g/mol. The smallest absolute Gasteiger partial charge is 0.160 e. The van der Waals surface area contributed by atoms with Crippen molar-refractivity contribution >= 4 is 38.6 Å². The Balaban J connectivity index is 2.99. The van der Waals surface area contributed by atoms with Crippen molar-refractivity contribution in [1.82, 2.24) is 14.8 Å². The van der Waals surface area contributed by atoms with E-state index in [4.69, 9.17) is 11.6 Å². The number of hydrogen-bond acceptors (Lipinski definition) is 2. The van der Waals surface area contributed by atoms with E-state index in [0.717, 1.165) is 15.6 Å². The molecule has 2 aromatic rings. The second-order valence-electron chi connectivity index (χ2n) is 2.41. The minimum Gasteiger partial charge on any atom is -0.249 e. The van der Waals surface area contributed by atoms with Crippen molar-refractivity contribution in [3.05, 3.63) is 21.9 Å². The van der Waals surface area contributed by atoms with Crippen LogP contribution in [0.15, 0.2) is 16.9 Å². The first kappa shape index (κ1) is 8.01. The molecule has 0 atom stereocenters. The Morgan fingerprint density at radius 1 is 1.58 bits per heavy atom. The number of fused-ring (bicyclic) bond motifs is 1. The molecular weight excluding hydrogens is 241 g/mol. The molecule has 0 saturated carbocycles. The molecular formula is C7H5BrClN3. The summed E-state index contributed by atoms with van der Waals surface area (Å²) in [5.41, 5.74) is 0.786. The van der Waals surface area contributed by atoms with Crippen molar-refractivity contribution in [1.29, 1.82) is 0 Å². The number of aryl methyl sites for hydroxylation is 1. The topological polar surface area (TPSA) is 30.7 Å². The molecule has 0 bridgehead atoms. The maximum absolute atomic E-state index is 5.95. The number of halogens is 2. The van der Waals surface area contributed by atoms with Crippen LogP contribution in [-0.4, -0.2) is 14.8 Å². The van der Waals surface area contributed by atoms with Crippen LogP contribution < -0.4 is 0 Å². The highest BCUT2D eigenvalue weighted by atomic mass is 79.9. The standard InChI is InChI=1S/C7H5BrClN3/c1-12-7-5(6(8)11-12)4(9)2-3-10-7/h2-3H,1H3. The second-order valence-corrected chi connectivity index (χ2v) is 3.56. The van der Waals surface area contributed by atoms with Crippen LogP contribution in [0, 0.1) is 0 Å². The molecule has 0 fully saturated rings. The van der Waals surface area contributed by atoms with E-state index < -0.39 is 0 Å². The maximum atomic E-state index is 5.95. The minimum atomic E-state index is 0.667. The van der Waals surface area contributed by atoms with Crippen molar-refractivity contribution in [2.24, 2.45) is 7.05 Å². The summed E-state index contributed by atoms with van der Waals surface area (Å²) in [7, 11) is 1.83. The highest BCUT2D eigenvalue weighted by molar-refractivity contribution is 9.10. The molecule has 2 aromatic heterocycles. The van der Waals surface area contributed by atoms with Gasteiger partial charge in [-0.3, -0.25) is 0 Å². The third-order valence-electron chi connectivity index (χ3n) is 1.63. The summed E-state index contributed by atoms with van der Waals surface area (Å²) in [6.45, 7) is 0.